The van der Waals surface area contributed by atoms with Crippen LogP contribution in [0.3, 0.4) is 0 Å². The van der Waals surface area contributed by atoms with E-state index in [2.05, 4.69) is 10.8 Å². The number of carbonyl (C=O) groups is 1. The molecule has 0 aliphatic heterocycles. The molecular formula is C15H21NO3. The summed E-state index contributed by atoms with van der Waals surface area (Å²) in [6.07, 6.45) is 4.66. The fourth-order valence-electron chi connectivity index (χ4n) is 2.66. The van der Waals surface area contributed by atoms with Gasteiger partial charge in [0.1, 0.15) is 5.75 Å². The number of phenols is 1. The molecule has 1 aliphatic carbocycles. The Morgan fingerprint density at radius 2 is 2.21 bits per heavy atom. The molecule has 1 atom stereocenters. The number of aryl methyl sites for hydroxylation is 1. The Bertz CT molecular complexity index is 471. The Morgan fingerprint density at radius 1 is 1.42 bits per heavy atom. The van der Waals surface area contributed by atoms with Crippen LogP contribution in [-0.2, 0) is 28.8 Å². The van der Waals surface area contributed by atoms with Crippen molar-refractivity contribution in [3.05, 3.63) is 28.8 Å². The van der Waals surface area contributed by atoms with E-state index in [-0.39, 0.29) is 12.0 Å². The Morgan fingerprint density at radius 3 is 2.95 bits per heavy atom. The number of unbranched alkanes of at least 4 members (excludes halogenated alkanes) is 1. The summed E-state index contributed by atoms with van der Waals surface area (Å²) in [6.45, 7) is 0. The quantitative estimate of drug-likeness (QED) is 0.626. The Kier molecular flexibility index (Phi) is 4.43. The van der Waals surface area contributed by atoms with Crippen LogP contribution in [0.25, 0.3) is 0 Å². The lowest BCUT2D eigenvalue weighted by Crippen LogP contribution is -2.19. The number of aromatic hydroxyl groups is 1. The van der Waals surface area contributed by atoms with E-state index in [0.717, 1.165) is 43.2 Å². The summed E-state index contributed by atoms with van der Waals surface area (Å²) in [5.74, 6) is 0.205. The monoisotopic (exact) mass is 263 g/mol. The first-order valence-corrected chi connectivity index (χ1v) is 6.76. The molecule has 1 aliphatic rings. The topological polar surface area (TPSA) is 72.5 Å². The molecule has 4 heteroatoms. The van der Waals surface area contributed by atoms with Gasteiger partial charge in [0.2, 0.25) is 0 Å². The summed E-state index contributed by atoms with van der Waals surface area (Å²) in [4.78, 5) is 11.0. The van der Waals surface area contributed by atoms with E-state index < -0.39 is 0 Å². The third-order valence-corrected chi connectivity index (χ3v) is 3.65. The molecule has 19 heavy (non-hydrogen) atoms. The van der Waals surface area contributed by atoms with Crippen molar-refractivity contribution >= 4 is 5.97 Å². The van der Waals surface area contributed by atoms with Crippen molar-refractivity contribution < 1.29 is 14.6 Å². The maximum Gasteiger partial charge on any atom is 0.305 e. The summed E-state index contributed by atoms with van der Waals surface area (Å²) in [5.41, 5.74) is 9.21. The summed E-state index contributed by atoms with van der Waals surface area (Å²) in [6, 6.07) is 4.10. The van der Waals surface area contributed by atoms with Crippen LogP contribution >= 0.6 is 0 Å². The number of benzene rings is 1. The maximum absolute atomic E-state index is 11.0. The van der Waals surface area contributed by atoms with Crippen LogP contribution in [0.1, 0.15) is 36.0 Å². The van der Waals surface area contributed by atoms with Crippen LogP contribution in [0.4, 0.5) is 0 Å². The van der Waals surface area contributed by atoms with Gasteiger partial charge in [0.25, 0.3) is 0 Å². The van der Waals surface area contributed by atoms with Crippen molar-refractivity contribution in [1.82, 2.24) is 0 Å². The van der Waals surface area contributed by atoms with Crippen LogP contribution in [0.15, 0.2) is 12.1 Å². The van der Waals surface area contributed by atoms with Gasteiger partial charge < -0.3 is 15.6 Å². The van der Waals surface area contributed by atoms with Gasteiger partial charge in [0.05, 0.1) is 7.11 Å². The number of carbonyl (C=O) groups excluding carboxylic acids is 1. The van der Waals surface area contributed by atoms with Crippen LogP contribution in [0.2, 0.25) is 0 Å². The van der Waals surface area contributed by atoms with E-state index in [1.165, 1.54) is 12.7 Å². The molecule has 0 aromatic heterocycles. The smallest absolute Gasteiger partial charge is 0.305 e. The van der Waals surface area contributed by atoms with Crippen LogP contribution in [-0.4, -0.2) is 24.2 Å². The number of fused-ring (bicyclic) bond motifs is 1. The number of ether oxygens (including phenoxy) is 1. The van der Waals surface area contributed by atoms with Crippen LogP contribution < -0.4 is 5.73 Å². The van der Waals surface area contributed by atoms with Gasteiger partial charge in [0, 0.05) is 12.5 Å². The molecule has 4 nitrogen and oxygen atoms in total. The minimum Gasteiger partial charge on any atom is -0.508 e. The van der Waals surface area contributed by atoms with Gasteiger partial charge in [0.15, 0.2) is 0 Å². The second-order valence-corrected chi connectivity index (χ2v) is 5.20. The van der Waals surface area contributed by atoms with Gasteiger partial charge in [-0.25, -0.2) is 0 Å². The largest absolute Gasteiger partial charge is 0.508 e. The summed E-state index contributed by atoms with van der Waals surface area (Å²) in [7, 11) is 1.41. The van der Waals surface area contributed by atoms with E-state index in [1.54, 1.807) is 0 Å². The second-order valence-electron chi connectivity index (χ2n) is 5.20. The van der Waals surface area contributed by atoms with Crippen molar-refractivity contribution in [2.45, 2.75) is 44.6 Å². The molecular weight excluding hydrogens is 242 g/mol. The molecule has 1 aromatic carbocycles. The summed E-state index contributed by atoms with van der Waals surface area (Å²) in [5, 5.41) is 9.98. The van der Waals surface area contributed by atoms with E-state index in [1.807, 2.05) is 6.07 Å². The molecule has 0 fully saturated rings. The number of nitrogens with two attached hydrogens (primary N) is 1. The number of hydrogen-bond donors (Lipinski definition) is 2. The number of phenolic OH excluding ortho intramolecular Hbond substituents is 1. The van der Waals surface area contributed by atoms with Crippen molar-refractivity contribution in [3.8, 4) is 5.75 Å². The molecule has 3 N–H and O–H groups in total. The van der Waals surface area contributed by atoms with Gasteiger partial charge in [-0.1, -0.05) is 6.07 Å². The zero-order valence-electron chi connectivity index (χ0n) is 11.3. The zero-order valence-corrected chi connectivity index (χ0v) is 11.3. The van der Waals surface area contributed by atoms with E-state index in [9.17, 15) is 9.90 Å². The molecule has 0 spiro atoms. The summed E-state index contributed by atoms with van der Waals surface area (Å²) < 4.78 is 4.60. The van der Waals surface area contributed by atoms with Crippen molar-refractivity contribution in [1.29, 1.82) is 0 Å². The highest BCUT2D eigenvalue weighted by Crippen LogP contribution is 2.31. The van der Waals surface area contributed by atoms with E-state index in [4.69, 9.17) is 5.73 Å². The Labute approximate surface area is 113 Å². The van der Waals surface area contributed by atoms with Gasteiger partial charge >= 0.3 is 5.97 Å². The van der Waals surface area contributed by atoms with Gasteiger partial charge in [-0.2, -0.15) is 0 Å². The lowest BCUT2D eigenvalue weighted by atomic mass is 10.0. The van der Waals surface area contributed by atoms with Crippen LogP contribution in [0.5, 0.6) is 5.75 Å². The predicted octanol–water partition coefficient (Wildman–Crippen LogP) is 1.70. The van der Waals surface area contributed by atoms with Gasteiger partial charge in [-0.15, -0.1) is 0 Å². The highest BCUT2D eigenvalue weighted by Gasteiger charge is 2.21. The minimum absolute atomic E-state index is 0.135. The minimum atomic E-state index is -0.164. The average molecular weight is 263 g/mol. The maximum atomic E-state index is 11.0. The molecule has 0 bridgehead atoms. The first kappa shape index (κ1) is 13.9. The predicted molar refractivity (Wildman–Crippen MR) is 73.1 cm³/mol. The van der Waals surface area contributed by atoms with Crippen molar-refractivity contribution in [3.63, 3.8) is 0 Å². The lowest BCUT2D eigenvalue weighted by Gasteiger charge is -2.07. The number of esters is 1. The fraction of sp³-hybridized carbons (Fsp3) is 0.533. The SMILES string of the molecule is COC(=O)CCCCc1cc(O)c2c(c1)CC(N)C2. The normalized spacial score (nSPS) is 17.3. The Balaban J connectivity index is 1.90. The third-order valence-electron chi connectivity index (χ3n) is 3.65. The number of hydrogen-bond acceptors (Lipinski definition) is 4. The summed E-state index contributed by atoms with van der Waals surface area (Å²) >= 11 is 0. The number of methoxy groups -OCH3 is 1. The van der Waals surface area contributed by atoms with Crippen molar-refractivity contribution in [2.24, 2.45) is 5.73 Å². The molecule has 1 unspecified atom stereocenters. The van der Waals surface area contributed by atoms with E-state index in [0.29, 0.717) is 12.2 Å². The highest BCUT2D eigenvalue weighted by atomic mass is 16.5. The first-order chi connectivity index (χ1) is 9.10. The second kappa shape index (κ2) is 6.06. The van der Waals surface area contributed by atoms with Crippen molar-refractivity contribution in [2.75, 3.05) is 7.11 Å². The molecule has 0 heterocycles. The Hall–Kier alpha value is -1.55. The average Bonchev–Trinajstić information content (AvgIpc) is 2.75. The molecule has 2 rings (SSSR count). The lowest BCUT2D eigenvalue weighted by molar-refractivity contribution is -0.140. The fourth-order valence-corrected chi connectivity index (χ4v) is 2.66. The highest BCUT2D eigenvalue weighted by molar-refractivity contribution is 5.68. The molecule has 104 valence electrons. The molecule has 0 saturated heterocycles. The number of rotatable bonds is 5. The molecule has 0 amide bonds. The standard InChI is InChI=1S/C15H21NO3/c1-19-15(18)5-3-2-4-10-6-11-8-12(16)9-13(11)14(17)7-10/h6-7,12,17H,2-5,8-9,16H2,1H3. The zero-order chi connectivity index (χ0) is 13.8. The van der Waals surface area contributed by atoms with Crippen LogP contribution in [0, 0.1) is 0 Å². The first-order valence-electron chi connectivity index (χ1n) is 6.76. The van der Waals surface area contributed by atoms with E-state index >= 15 is 0 Å². The molecule has 0 radical (unpaired) electrons. The molecule has 0 saturated carbocycles. The van der Waals surface area contributed by atoms with Gasteiger partial charge in [-0.3, -0.25) is 4.79 Å². The molecule has 1 aromatic rings. The third kappa shape index (κ3) is 3.47. The van der Waals surface area contributed by atoms with Gasteiger partial charge in [-0.05, 0) is 54.9 Å².